The second kappa shape index (κ2) is 7.72. The highest BCUT2D eigenvalue weighted by Crippen LogP contribution is 2.23. The lowest BCUT2D eigenvalue weighted by molar-refractivity contribution is 0.113. The number of piperidine rings is 1. The molecule has 0 amide bonds. The first-order valence-electron chi connectivity index (χ1n) is 7.74. The van der Waals surface area contributed by atoms with E-state index in [0.717, 1.165) is 38.3 Å². The highest BCUT2D eigenvalue weighted by Gasteiger charge is 2.21. The fraction of sp³-hybridized carbons (Fsp3) is 0.533. The maximum Gasteiger partial charge on any atom is 0.227 e. The van der Waals surface area contributed by atoms with Gasteiger partial charge in [-0.05, 0) is 19.4 Å². The second-order valence-corrected chi connectivity index (χ2v) is 6.08. The van der Waals surface area contributed by atoms with Crippen LogP contribution < -0.4 is 5.32 Å². The summed E-state index contributed by atoms with van der Waals surface area (Å²) in [6, 6.07) is 0.391. The minimum atomic E-state index is 0.391. The predicted octanol–water partition coefficient (Wildman–Crippen LogP) is 2.35. The van der Waals surface area contributed by atoms with E-state index in [0.29, 0.717) is 17.0 Å². The molecule has 0 bridgehead atoms. The molecule has 1 aliphatic rings. The van der Waals surface area contributed by atoms with Crippen LogP contribution in [0.4, 0.5) is 11.6 Å². The molecule has 0 saturated carbocycles. The molecule has 23 heavy (non-hydrogen) atoms. The second-order valence-electron chi connectivity index (χ2n) is 5.65. The molecule has 0 radical (unpaired) electrons. The van der Waals surface area contributed by atoms with Gasteiger partial charge in [-0.1, -0.05) is 11.6 Å². The van der Waals surface area contributed by atoms with E-state index in [1.54, 1.807) is 25.7 Å². The Kier molecular flexibility index (Phi) is 5.43. The van der Waals surface area contributed by atoms with E-state index >= 15 is 0 Å². The zero-order valence-corrected chi connectivity index (χ0v) is 13.9. The van der Waals surface area contributed by atoms with Gasteiger partial charge in [0.1, 0.15) is 0 Å². The molecule has 124 valence electrons. The minimum absolute atomic E-state index is 0.391. The average molecular weight is 337 g/mol. The quantitative estimate of drug-likeness (QED) is 0.873. The third-order valence-corrected chi connectivity index (χ3v) is 4.14. The summed E-state index contributed by atoms with van der Waals surface area (Å²) in [7, 11) is 1.74. The number of rotatable bonds is 6. The standard InChI is InChI=1S/C15H21ClN6O/c1-23-6-5-21-4-2-3-14(11-21)22-10-13(9-19-22)20-15-17-7-12(16)8-18-15/h7-10,14H,2-6,11H2,1H3,(H,17,18,20). The molecule has 1 aliphatic heterocycles. The van der Waals surface area contributed by atoms with Crippen molar-refractivity contribution >= 4 is 23.2 Å². The van der Waals surface area contributed by atoms with Crippen molar-refractivity contribution in [3.63, 3.8) is 0 Å². The summed E-state index contributed by atoms with van der Waals surface area (Å²) in [5.41, 5.74) is 0.876. The molecule has 3 heterocycles. The SMILES string of the molecule is COCCN1CCCC(n2cc(Nc3ncc(Cl)cn3)cn2)C1. The maximum absolute atomic E-state index is 5.79. The molecular formula is C15H21ClN6O. The van der Waals surface area contributed by atoms with Gasteiger partial charge >= 0.3 is 0 Å². The Labute approximate surface area is 140 Å². The Morgan fingerprint density at radius 2 is 2.17 bits per heavy atom. The predicted molar refractivity (Wildman–Crippen MR) is 89.1 cm³/mol. The lowest BCUT2D eigenvalue weighted by Crippen LogP contribution is -2.38. The summed E-state index contributed by atoms with van der Waals surface area (Å²) in [4.78, 5) is 10.7. The van der Waals surface area contributed by atoms with Gasteiger partial charge in [0.2, 0.25) is 5.95 Å². The highest BCUT2D eigenvalue weighted by atomic mass is 35.5. The zero-order valence-electron chi connectivity index (χ0n) is 13.2. The van der Waals surface area contributed by atoms with Crippen molar-refractivity contribution < 1.29 is 4.74 Å². The van der Waals surface area contributed by atoms with Crippen molar-refractivity contribution in [1.29, 1.82) is 0 Å². The molecule has 2 aromatic rings. The summed E-state index contributed by atoms with van der Waals surface area (Å²) in [5.74, 6) is 0.513. The number of hydrogen-bond acceptors (Lipinski definition) is 6. The first-order valence-corrected chi connectivity index (χ1v) is 8.12. The molecule has 8 heteroatoms. The Balaban J connectivity index is 1.60. The van der Waals surface area contributed by atoms with Crippen molar-refractivity contribution in [2.45, 2.75) is 18.9 Å². The van der Waals surface area contributed by atoms with Gasteiger partial charge in [0.05, 0.1) is 41.9 Å². The van der Waals surface area contributed by atoms with Gasteiger partial charge in [-0.2, -0.15) is 5.10 Å². The summed E-state index contributed by atoms with van der Waals surface area (Å²) < 4.78 is 7.19. The Bertz CT molecular complexity index is 617. The largest absolute Gasteiger partial charge is 0.383 e. The molecule has 1 unspecified atom stereocenters. The summed E-state index contributed by atoms with van der Waals surface area (Å²) in [6.45, 7) is 3.87. The summed E-state index contributed by atoms with van der Waals surface area (Å²) in [6.07, 6.45) is 9.25. The molecule has 0 spiro atoms. The Hall–Kier alpha value is -1.70. The monoisotopic (exact) mass is 336 g/mol. The topological polar surface area (TPSA) is 68.1 Å². The van der Waals surface area contributed by atoms with Gasteiger partial charge < -0.3 is 10.1 Å². The van der Waals surface area contributed by atoms with Crippen molar-refractivity contribution in [3.05, 3.63) is 29.8 Å². The zero-order chi connectivity index (χ0) is 16.1. The van der Waals surface area contributed by atoms with Crippen LogP contribution in [0.2, 0.25) is 5.02 Å². The minimum Gasteiger partial charge on any atom is -0.383 e. The number of methoxy groups -OCH3 is 1. The van der Waals surface area contributed by atoms with Crippen LogP contribution in [0.5, 0.6) is 0 Å². The van der Waals surface area contributed by atoms with Gasteiger partial charge in [0.25, 0.3) is 0 Å². The molecule has 0 aromatic carbocycles. The van der Waals surface area contributed by atoms with Gasteiger partial charge in [-0.25, -0.2) is 9.97 Å². The number of hydrogen-bond donors (Lipinski definition) is 1. The van der Waals surface area contributed by atoms with E-state index < -0.39 is 0 Å². The number of nitrogens with one attached hydrogen (secondary N) is 1. The van der Waals surface area contributed by atoms with E-state index in [4.69, 9.17) is 16.3 Å². The van der Waals surface area contributed by atoms with Gasteiger partial charge in [0.15, 0.2) is 0 Å². The molecule has 1 atom stereocenters. The van der Waals surface area contributed by atoms with E-state index in [1.165, 1.54) is 6.42 Å². The van der Waals surface area contributed by atoms with Crippen molar-refractivity contribution in [2.75, 3.05) is 38.7 Å². The lowest BCUT2D eigenvalue weighted by Gasteiger charge is -2.32. The van der Waals surface area contributed by atoms with E-state index in [2.05, 4.69) is 25.3 Å². The summed E-state index contributed by atoms with van der Waals surface area (Å²) in [5, 5.41) is 8.14. The van der Waals surface area contributed by atoms with Gasteiger partial charge in [-0.3, -0.25) is 9.58 Å². The van der Waals surface area contributed by atoms with Crippen LogP contribution in [0.25, 0.3) is 0 Å². The number of ether oxygens (including phenoxy) is 1. The van der Waals surface area contributed by atoms with E-state index in [9.17, 15) is 0 Å². The fourth-order valence-corrected chi connectivity index (χ4v) is 2.88. The molecule has 1 fully saturated rings. The van der Waals surface area contributed by atoms with Crippen LogP contribution in [0.15, 0.2) is 24.8 Å². The molecule has 3 rings (SSSR count). The van der Waals surface area contributed by atoms with Gasteiger partial charge in [-0.15, -0.1) is 0 Å². The van der Waals surface area contributed by atoms with Crippen LogP contribution in [-0.4, -0.2) is 58.0 Å². The van der Waals surface area contributed by atoms with Crippen molar-refractivity contribution in [1.82, 2.24) is 24.6 Å². The molecule has 1 saturated heterocycles. The molecule has 7 nitrogen and oxygen atoms in total. The van der Waals surface area contributed by atoms with Gasteiger partial charge in [0, 0.05) is 26.4 Å². The van der Waals surface area contributed by atoms with Crippen LogP contribution in [0, 0.1) is 0 Å². The highest BCUT2D eigenvalue weighted by molar-refractivity contribution is 6.30. The van der Waals surface area contributed by atoms with Crippen LogP contribution in [0.1, 0.15) is 18.9 Å². The number of anilines is 2. The first-order chi connectivity index (χ1) is 11.2. The number of halogens is 1. The van der Waals surface area contributed by atoms with Crippen LogP contribution >= 0.6 is 11.6 Å². The van der Waals surface area contributed by atoms with Crippen LogP contribution in [-0.2, 0) is 4.74 Å². The first kappa shape index (κ1) is 16.2. The van der Waals surface area contributed by atoms with E-state index in [1.807, 2.05) is 10.9 Å². The lowest BCUT2D eigenvalue weighted by atomic mass is 10.1. The van der Waals surface area contributed by atoms with E-state index in [-0.39, 0.29) is 0 Å². The number of nitrogens with zero attached hydrogens (tertiary/aromatic N) is 5. The average Bonchev–Trinajstić information content (AvgIpc) is 3.04. The molecule has 2 aromatic heterocycles. The summed E-state index contributed by atoms with van der Waals surface area (Å²) >= 11 is 5.79. The fourth-order valence-electron chi connectivity index (χ4n) is 2.78. The maximum atomic E-state index is 5.79. The Morgan fingerprint density at radius 3 is 2.96 bits per heavy atom. The van der Waals surface area contributed by atoms with Crippen molar-refractivity contribution in [3.8, 4) is 0 Å². The Morgan fingerprint density at radius 1 is 1.35 bits per heavy atom. The third-order valence-electron chi connectivity index (χ3n) is 3.94. The normalized spacial score (nSPS) is 19.0. The molecular weight excluding hydrogens is 316 g/mol. The molecule has 1 N–H and O–H groups in total. The van der Waals surface area contributed by atoms with Crippen molar-refractivity contribution in [2.24, 2.45) is 0 Å². The number of aromatic nitrogens is 4. The number of likely N-dealkylation sites (tertiary alicyclic amines) is 1. The molecule has 0 aliphatic carbocycles. The smallest absolute Gasteiger partial charge is 0.227 e. The van der Waals surface area contributed by atoms with Crippen LogP contribution in [0.3, 0.4) is 0 Å². The third kappa shape index (κ3) is 4.40.